The molecule has 0 aromatic heterocycles. The Kier molecular flexibility index (Phi) is 3.67. The van der Waals surface area contributed by atoms with E-state index in [2.05, 4.69) is 0 Å². The fourth-order valence-electron chi connectivity index (χ4n) is 2.53. The summed E-state index contributed by atoms with van der Waals surface area (Å²) in [4.78, 5) is 25.6. The second-order valence-corrected chi connectivity index (χ2v) is 5.47. The average Bonchev–Trinajstić information content (AvgIpc) is 2.74. The number of nitrogens with zero attached hydrogens (tertiary/aromatic N) is 1. The SMILES string of the molecule is Cc1ccc(OCCN2C(=O)C(=O)c3cc(C)ccc32)cc1. The van der Waals surface area contributed by atoms with Crippen molar-refractivity contribution < 1.29 is 14.3 Å². The van der Waals surface area contributed by atoms with E-state index >= 15 is 0 Å². The Balaban J connectivity index is 1.69. The number of hydrogen-bond donors (Lipinski definition) is 0. The zero-order chi connectivity index (χ0) is 15.7. The van der Waals surface area contributed by atoms with Crippen LogP contribution in [0.4, 0.5) is 5.69 Å². The van der Waals surface area contributed by atoms with Crippen molar-refractivity contribution in [2.45, 2.75) is 13.8 Å². The van der Waals surface area contributed by atoms with Gasteiger partial charge in [-0.15, -0.1) is 0 Å². The Labute approximate surface area is 129 Å². The van der Waals surface area contributed by atoms with Gasteiger partial charge in [0.1, 0.15) is 12.4 Å². The highest BCUT2D eigenvalue weighted by molar-refractivity contribution is 6.52. The number of ether oxygens (including phenoxy) is 1. The number of fused-ring (bicyclic) bond motifs is 1. The second kappa shape index (κ2) is 5.64. The van der Waals surface area contributed by atoms with E-state index in [0.717, 1.165) is 16.9 Å². The molecule has 0 saturated carbocycles. The van der Waals surface area contributed by atoms with Crippen molar-refractivity contribution >= 4 is 17.4 Å². The third kappa shape index (κ3) is 2.60. The van der Waals surface area contributed by atoms with E-state index in [4.69, 9.17) is 4.74 Å². The highest BCUT2D eigenvalue weighted by Crippen LogP contribution is 2.29. The molecule has 1 aliphatic heterocycles. The molecule has 1 heterocycles. The Bertz CT molecular complexity index is 734. The minimum atomic E-state index is -0.479. The summed E-state index contributed by atoms with van der Waals surface area (Å²) in [5, 5.41) is 0. The number of aryl methyl sites for hydroxylation is 2. The van der Waals surface area contributed by atoms with Crippen LogP contribution in [0.1, 0.15) is 21.5 Å². The largest absolute Gasteiger partial charge is 0.492 e. The Morgan fingerprint density at radius 3 is 2.36 bits per heavy atom. The molecular weight excluding hydrogens is 278 g/mol. The third-order valence-electron chi connectivity index (χ3n) is 3.73. The molecule has 4 heteroatoms. The summed E-state index contributed by atoms with van der Waals surface area (Å²) in [5.74, 6) is -0.158. The monoisotopic (exact) mass is 295 g/mol. The van der Waals surface area contributed by atoms with E-state index in [1.165, 1.54) is 4.90 Å². The lowest BCUT2D eigenvalue weighted by Gasteiger charge is -2.17. The highest BCUT2D eigenvalue weighted by atomic mass is 16.5. The summed E-state index contributed by atoms with van der Waals surface area (Å²) in [5.41, 5.74) is 3.29. The van der Waals surface area contributed by atoms with Crippen LogP contribution in [-0.4, -0.2) is 24.8 Å². The molecule has 3 rings (SSSR count). The van der Waals surface area contributed by atoms with Crippen LogP contribution in [0.5, 0.6) is 5.75 Å². The predicted molar refractivity (Wildman–Crippen MR) is 84.5 cm³/mol. The lowest BCUT2D eigenvalue weighted by atomic mass is 10.1. The van der Waals surface area contributed by atoms with Gasteiger partial charge >= 0.3 is 0 Å². The number of rotatable bonds is 4. The lowest BCUT2D eigenvalue weighted by Crippen LogP contribution is -2.33. The number of hydrogen-bond acceptors (Lipinski definition) is 3. The molecule has 0 fully saturated rings. The molecule has 0 unspecified atom stereocenters. The summed E-state index contributed by atoms with van der Waals surface area (Å²) < 4.78 is 5.64. The molecule has 1 aliphatic rings. The predicted octanol–water partition coefficient (Wildman–Crippen LogP) is 2.91. The lowest BCUT2D eigenvalue weighted by molar-refractivity contribution is -0.114. The summed E-state index contributed by atoms with van der Waals surface area (Å²) in [6.07, 6.45) is 0. The molecule has 1 amide bonds. The molecule has 22 heavy (non-hydrogen) atoms. The van der Waals surface area contributed by atoms with Gasteiger partial charge in [-0.3, -0.25) is 9.59 Å². The van der Waals surface area contributed by atoms with Crippen molar-refractivity contribution in [1.29, 1.82) is 0 Å². The van der Waals surface area contributed by atoms with Gasteiger partial charge in [-0.25, -0.2) is 0 Å². The Morgan fingerprint density at radius 1 is 0.955 bits per heavy atom. The number of carbonyl (C=O) groups is 2. The first-order valence-corrected chi connectivity index (χ1v) is 7.22. The van der Waals surface area contributed by atoms with E-state index in [1.807, 2.05) is 50.2 Å². The zero-order valence-electron chi connectivity index (χ0n) is 12.6. The van der Waals surface area contributed by atoms with Crippen molar-refractivity contribution in [2.75, 3.05) is 18.1 Å². The fraction of sp³-hybridized carbons (Fsp3) is 0.222. The van der Waals surface area contributed by atoms with Crippen LogP contribution >= 0.6 is 0 Å². The fourth-order valence-corrected chi connectivity index (χ4v) is 2.53. The van der Waals surface area contributed by atoms with Gasteiger partial charge in [0.15, 0.2) is 0 Å². The number of ketones is 1. The van der Waals surface area contributed by atoms with Gasteiger partial charge in [0.2, 0.25) is 0 Å². The first-order valence-electron chi connectivity index (χ1n) is 7.22. The molecule has 0 aliphatic carbocycles. The summed E-state index contributed by atoms with van der Waals surface area (Å²) in [7, 11) is 0. The minimum Gasteiger partial charge on any atom is -0.492 e. The number of anilines is 1. The first kappa shape index (κ1) is 14.3. The van der Waals surface area contributed by atoms with Gasteiger partial charge < -0.3 is 9.64 Å². The van der Waals surface area contributed by atoms with E-state index in [-0.39, 0.29) is 0 Å². The number of benzene rings is 2. The Hall–Kier alpha value is -2.62. The van der Waals surface area contributed by atoms with Gasteiger partial charge in [0.05, 0.1) is 17.8 Å². The smallest absolute Gasteiger partial charge is 0.299 e. The van der Waals surface area contributed by atoms with Crippen LogP contribution < -0.4 is 9.64 Å². The van der Waals surface area contributed by atoms with Crippen LogP contribution in [0.15, 0.2) is 42.5 Å². The molecule has 0 bridgehead atoms. The number of Topliss-reactive ketones (excluding diaryl/α,β-unsaturated/α-hetero) is 1. The number of carbonyl (C=O) groups excluding carboxylic acids is 2. The molecule has 0 N–H and O–H groups in total. The average molecular weight is 295 g/mol. The van der Waals surface area contributed by atoms with Crippen molar-refractivity contribution in [3.8, 4) is 5.75 Å². The van der Waals surface area contributed by atoms with Crippen molar-refractivity contribution in [2.24, 2.45) is 0 Å². The van der Waals surface area contributed by atoms with Crippen LogP contribution in [0.2, 0.25) is 0 Å². The Morgan fingerprint density at radius 2 is 1.64 bits per heavy atom. The standard InChI is InChI=1S/C18H17NO3/c1-12-3-6-14(7-4-12)22-10-9-19-16-8-5-13(2)11-15(16)17(20)18(19)21/h3-8,11H,9-10H2,1-2H3. The van der Waals surface area contributed by atoms with Gasteiger partial charge in [-0.05, 0) is 38.1 Å². The van der Waals surface area contributed by atoms with Crippen LogP contribution in [-0.2, 0) is 4.79 Å². The molecule has 0 saturated heterocycles. The maximum absolute atomic E-state index is 12.1. The third-order valence-corrected chi connectivity index (χ3v) is 3.73. The van der Waals surface area contributed by atoms with Crippen LogP contribution in [0.25, 0.3) is 0 Å². The maximum Gasteiger partial charge on any atom is 0.299 e. The van der Waals surface area contributed by atoms with Gasteiger partial charge in [0.25, 0.3) is 11.7 Å². The second-order valence-electron chi connectivity index (χ2n) is 5.47. The summed E-state index contributed by atoms with van der Waals surface area (Å²) in [6.45, 7) is 4.61. The van der Waals surface area contributed by atoms with Gasteiger partial charge in [-0.2, -0.15) is 0 Å². The minimum absolute atomic E-state index is 0.343. The topological polar surface area (TPSA) is 46.6 Å². The molecule has 0 spiro atoms. The van der Waals surface area contributed by atoms with Gasteiger partial charge in [-0.1, -0.05) is 29.3 Å². The molecule has 2 aromatic carbocycles. The van der Waals surface area contributed by atoms with Crippen LogP contribution in [0.3, 0.4) is 0 Å². The molecule has 4 nitrogen and oxygen atoms in total. The molecule has 0 atom stereocenters. The van der Waals surface area contributed by atoms with E-state index in [9.17, 15) is 9.59 Å². The van der Waals surface area contributed by atoms with E-state index in [0.29, 0.717) is 24.4 Å². The number of amides is 1. The van der Waals surface area contributed by atoms with Crippen LogP contribution in [0, 0.1) is 13.8 Å². The molecular formula is C18H17NO3. The molecule has 2 aromatic rings. The maximum atomic E-state index is 12.1. The van der Waals surface area contributed by atoms with Crippen molar-refractivity contribution in [3.05, 3.63) is 59.2 Å². The zero-order valence-corrected chi connectivity index (χ0v) is 12.6. The summed E-state index contributed by atoms with van der Waals surface area (Å²) >= 11 is 0. The van der Waals surface area contributed by atoms with E-state index < -0.39 is 11.7 Å². The summed E-state index contributed by atoms with van der Waals surface area (Å²) in [6, 6.07) is 13.2. The van der Waals surface area contributed by atoms with Gasteiger partial charge in [0, 0.05) is 0 Å². The molecule has 112 valence electrons. The highest BCUT2D eigenvalue weighted by Gasteiger charge is 2.35. The quantitative estimate of drug-likeness (QED) is 0.815. The first-order chi connectivity index (χ1) is 10.6. The van der Waals surface area contributed by atoms with E-state index in [1.54, 1.807) is 6.07 Å². The normalized spacial score (nSPS) is 13.5. The molecule has 0 radical (unpaired) electrons. The van der Waals surface area contributed by atoms with Crippen molar-refractivity contribution in [1.82, 2.24) is 0 Å². The van der Waals surface area contributed by atoms with Crippen molar-refractivity contribution in [3.63, 3.8) is 0 Å².